The second-order valence-corrected chi connectivity index (χ2v) is 5.26. The Hall–Kier alpha value is -2.22. The molecule has 0 aliphatic carbocycles. The average Bonchev–Trinajstić information content (AvgIpc) is 3.03. The Morgan fingerprint density at radius 2 is 2.24 bits per heavy atom. The number of nitrogens with zero attached hydrogens (tertiary/aromatic N) is 2. The van der Waals surface area contributed by atoms with Crippen molar-refractivity contribution in [2.75, 3.05) is 11.9 Å². The third-order valence-electron chi connectivity index (χ3n) is 2.51. The maximum atomic E-state index is 11.8. The lowest BCUT2D eigenvalue weighted by molar-refractivity contribution is 0.0517. The second-order valence-electron chi connectivity index (χ2n) is 4.26. The number of ether oxygens (including phenoxy) is 1. The number of ketones is 1. The van der Waals surface area contributed by atoms with E-state index in [1.165, 1.54) is 6.92 Å². The van der Waals surface area contributed by atoms with Crippen LogP contribution in [0.25, 0.3) is 0 Å². The van der Waals surface area contributed by atoms with E-state index in [0.29, 0.717) is 17.4 Å². The first-order chi connectivity index (χ1) is 10.0. The fourth-order valence-electron chi connectivity index (χ4n) is 1.63. The van der Waals surface area contributed by atoms with Crippen molar-refractivity contribution < 1.29 is 18.8 Å². The summed E-state index contributed by atoms with van der Waals surface area (Å²) in [5.74, 6) is -0.175. The summed E-state index contributed by atoms with van der Waals surface area (Å²) in [7, 11) is 0. The molecular weight excluding hydrogens is 294 g/mol. The number of rotatable bonds is 6. The van der Waals surface area contributed by atoms with E-state index in [1.54, 1.807) is 13.0 Å². The molecule has 0 fully saturated rings. The van der Waals surface area contributed by atoms with E-state index in [-0.39, 0.29) is 23.0 Å². The minimum absolute atomic E-state index is 0.0469. The molecule has 0 radical (unpaired) electrons. The molecule has 112 valence electrons. The minimum Gasteiger partial charge on any atom is -0.461 e. The van der Waals surface area contributed by atoms with Gasteiger partial charge in [0.1, 0.15) is 4.88 Å². The Morgan fingerprint density at radius 1 is 1.48 bits per heavy atom. The van der Waals surface area contributed by atoms with E-state index >= 15 is 0 Å². The van der Waals surface area contributed by atoms with Crippen molar-refractivity contribution >= 4 is 28.2 Å². The molecule has 0 amide bonds. The highest BCUT2D eigenvalue weighted by atomic mass is 32.1. The molecule has 0 aliphatic heterocycles. The van der Waals surface area contributed by atoms with Gasteiger partial charge in [0.25, 0.3) is 0 Å². The van der Waals surface area contributed by atoms with Gasteiger partial charge >= 0.3 is 5.97 Å². The summed E-state index contributed by atoms with van der Waals surface area (Å²) in [6.45, 7) is 5.51. The number of hydrogen-bond donors (Lipinski definition) is 1. The normalized spacial score (nSPS) is 10.4. The van der Waals surface area contributed by atoms with E-state index in [2.05, 4.69) is 15.5 Å². The Balaban J connectivity index is 2.15. The minimum atomic E-state index is -0.595. The molecule has 7 nitrogen and oxygen atoms in total. The Kier molecular flexibility index (Phi) is 4.69. The molecule has 2 heterocycles. The topological polar surface area (TPSA) is 94.3 Å². The van der Waals surface area contributed by atoms with E-state index in [4.69, 9.17) is 9.26 Å². The van der Waals surface area contributed by atoms with Gasteiger partial charge in [-0.3, -0.25) is 4.79 Å². The van der Waals surface area contributed by atoms with Crippen molar-refractivity contribution in [1.29, 1.82) is 0 Å². The van der Waals surface area contributed by atoms with Crippen LogP contribution in [0, 0.1) is 6.92 Å². The van der Waals surface area contributed by atoms with Gasteiger partial charge in [-0.15, -0.1) is 0 Å². The molecule has 0 saturated heterocycles. The van der Waals surface area contributed by atoms with Crippen LogP contribution in [0.3, 0.4) is 0 Å². The van der Waals surface area contributed by atoms with Gasteiger partial charge in [0.2, 0.25) is 0 Å². The lowest BCUT2D eigenvalue weighted by Crippen LogP contribution is -2.09. The quantitative estimate of drug-likeness (QED) is 0.646. The molecule has 2 rings (SSSR count). The van der Waals surface area contributed by atoms with Gasteiger partial charge in [0.15, 0.2) is 22.4 Å². The molecule has 0 bridgehead atoms. The summed E-state index contributed by atoms with van der Waals surface area (Å²) in [6, 6.07) is 1.79. The number of carbonyl (C=O) groups is 2. The molecule has 0 saturated carbocycles. The molecule has 0 spiro atoms. The highest BCUT2D eigenvalue weighted by Crippen LogP contribution is 2.25. The van der Waals surface area contributed by atoms with Gasteiger partial charge in [-0.2, -0.15) is 0 Å². The molecule has 21 heavy (non-hydrogen) atoms. The van der Waals surface area contributed by atoms with Crippen LogP contribution in [-0.4, -0.2) is 28.5 Å². The van der Waals surface area contributed by atoms with Gasteiger partial charge in [-0.1, -0.05) is 16.5 Å². The fourth-order valence-corrected chi connectivity index (χ4v) is 2.48. The number of Topliss-reactive ketones (excluding diaryl/α,β-unsaturated/α-hetero) is 1. The lowest BCUT2D eigenvalue weighted by atomic mass is 10.3. The van der Waals surface area contributed by atoms with E-state index in [9.17, 15) is 9.59 Å². The first kappa shape index (κ1) is 15.2. The summed E-state index contributed by atoms with van der Waals surface area (Å²) in [5.41, 5.74) is 0.827. The van der Waals surface area contributed by atoms with Crippen LogP contribution in [0.2, 0.25) is 0 Å². The Morgan fingerprint density at radius 3 is 2.81 bits per heavy atom. The predicted octanol–water partition coefficient (Wildman–Crippen LogP) is 2.43. The summed E-state index contributed by atoms with van der Waals surface area (Å²) in [6.07, 6.45) is 0. The van der Waals surface area contributed by atoms with Crippen LogP contribution in [-0.2, 0) is 11.3 Å². The predicted molar refractivity (Wildman–Crippen MR) is 76.6 cm³/mol. The van der Waals surface area contributed by atoms with Crippen molar-refractivity contribution in [3.8, 4) is 0 Å². The SMILES string of the molecule is CCOC(=O)c1nc(NCc2cc(C)no2)sc1C(C)=O. The second kappa shape index (κ2) is 6.49. The van der Waals surface area contributed by atoms with Crippen LogP contribution in [0.5, 0.6) is 0 Å². The summed E-state index contributed by atoms with van der Waals surface area (Å²) in [5, 5.41) is 7.23. The number of esters is 1. The molecule has 0 aromatic carbocycles. The number of carbonyl (C=O) groups excluding carboxylic acids is 2. The third-order valence-corrected chi connectivity index (χ3v) is 3.62. The van der Waals surface area contributed by atoms with Crippen molar-refractivity contribution in [2.45, 2.75) is 27.3 Å². The zero-order chi connectivity index (χ0) is 15.4. The molecule has 2 aromatic rings. The first-order valence-electron chi connectivity index (χ1n) is 6.36. The molecule has 0 unspecified atom stereocenters. The zero-order valence-corrected chi connectivity index (χ0v) is 12.7. The standard InChI is InChI=1S/C13H15N3O4S/c1-4-19-12(18)10-11(8(3)17)21-13(15-10)14-6-9-5-7(2)16-20-9/h5H,4,6H2,1-3H3,(H,14,15). The van der Waals surface area contributed by atoms with Gasteiger partial charge < -0.3 is 14.6 Å². The number of nitrogens with one attached hydrogen (secondary N) is 1. The average molecular weight is 309 g/mol. The summed E-state index contributed by atoms with van der Waals surface area (Å²) >= 11 is 1.11. The highest BCUT2D eigenvalue weighted by molar-refractivity contribution is 7.17. The molecule has 8 heteroatoms. The van der Waals surface area contributed by atoms with Crippen LogP contribution >= 0.6 is 11.3 Å². The number of aryl methyl sites for hydroxylation is 1. The maximum Gasteiger partial charge on any atom is 0.358 e. The van der Waals surface area contributed by atoms with Crippen LogP contribution < -0.4 is 5.32 Å². The summed E-state index contributed by atoms with van der Waals surface area (Å²) < 4.78 is 9.96. The van der Waals surface area contributed by atoms with Crippen molar-refractivity contribution in [3.05, 3.63) is 28.1 Å². The molecular formula is C13H15N3O4S. The third kappa shape index (κ3) is 3.66. The maximum absolute atomic E-state index is 11.8. The van der Waals surface area contributed by atoms with Crippen LogP contribution in [0.4, 0.5) is 5.13 Å². The lowest BCUT2D eigenvalue weighted by Gasteiger charge is -1.99. The van der Waals surface area contributed by atoms with Crippen molar-refractivity contribution in [3.63, 3.8) is 0 Å². The summed E-state index contributed by atoms with van der Waals surface area (Å²) in [4.78, 5) is 27.8. The van der Waals surface area contributed by atoms with Gasteiger partial charge in [0.05, 0.1) is 18.8 Å². The molecule has 0 atom stereocenters. The smallest absolute Gasteiger partial charge is 0.358 e. The number of thiazole rings is 1. The highest BCUT2D eigenvalue weighted by Gasteiger charge is 2.22. The first-order valence-corrected chi connectivity index (χ1v) is 7.17. The fraction of sp³-hybridized carbons (Fsp3) is 0.385. The molecule has 2 aromatic heterocycles. The van der Waals surface area contributed by atoms with Crippen molar-refractivity contribution in [1.82, 2.24) is 10.1 Å². The number of aromatic nitrogens is 2. The Bertz CT molecular complexity index is 662. The Labute approximate surface area is 125 Å². The van der Waals surface area contributed by atoms with Gasteiger partial charge in [-0.05, 0) is 13.8 Å². The van der Waals surface area contributed by atoms with Gasteiger partial charge in [0, 0.05) is 13.0 Å². The van der Waals surface area contributed by atoms with Crippen LogP contribution in [0.15, 0.2) is 10.6 Å². The monoisotopic (exact) mass is 309 g/mol. The van der Waals surface area contributed by atoms with E-state index in [0.717, 1.165) is 17.0 Å². The largest absolute Gasteiger partial charge is 0.461 e. The van der Waals surface area contributed by atoms with Gasteiger partial charge in [-0.25, -0.2) is 9.78 Å². The number of anilines is 1. The number of hydrogen-bond acceptors (Lipinski definition) is 8. The zero-order valence-electron chi connectivity index (χ0n) is 11.9. The molecule has 1 N–H and O–H groups in total. The van der Waals surface area contributed by atoms with E-state index < -0.39 is 5.97 Å². The molecule has 0 aliphatic rings. The van der Waals surface area contributed by atoms with E-state index in [1.807, 2.05) is 6.92 Å². The van der Waals surface area contributed by atoms with Crippen molar-refractivity contribution in [2.24, 2.45) is 0 Å². The van der Waals surface area contributed by atoms with Crippen LogP contribution in [0.1, 0.15) is 45.5 Å².